The van der Waals surface area contributed by atoms with Gasteiger partial charge in [-0.15, -0.1) is 0 Å². The van der Waals surface area contributed by atoms with Crippen LogP contribution in [0.2, 0.25) is 0 Å². The van der Waals surface area contributed by atoms with Gasteiger partial charge in [0.15, 0.2) is 0 Å². The van der Waals surface area contributed by atoms with E-state index in [0.29, 0.717) is 17.4 Å². The number of hydrogen-bond donors (Lipinski definition) is 0. The van der Waals surface area contributed by atoms with Gasteiger partial charge in [-0.05, 0) is 80.7 Å². The molecule has 2 fully saturated rings. The Kier molecular flexibility index (Phi) is 6.15. The molecule has 2 aromatic heterocycles. The van der Waals surface area contributed by atoms with Gasteiger partial charge < -0.3 is 9.80 Å². The van der Waals surface area contributed by atoms with Crippen LogP contribution < -0.4 is 0 Å². The summed E-state index contributed by atoms with van der Waals surface area (Å²) in [6.45, 7) is 9.43. The molecular weight excluding hydrogens is 424 g/mol. The minimum absolute atomic E-state index is 0.0907. The van der Waals surface area contributed by atoms with E-state index in [2.05, 4.69) is 30.2 Å². The minimum Gasteiger partial charge on any atom is -0.339 e. The number of nitrogens with zero attached hydrogens (tertiary/aromatic N) is 4. The Morgan fingerprint density at radius 3 is 2.21 bits per heavy atom. The fraction of sp³-hybridized carbons (Fsp3) is 0.464. The molecule has 0 N–H and O–H groups in total. The van der Waals surface area contributed by atoms with Gasteiger partial charge in [-0.3, -0.25) is 9.59 Å². The quantitative estimate of drug-likeness (QED) is 0.564. The Hall–Kier alpha value is -3.15. The van der Waals surface area contributed by atoms with Crippen molar-refractivity contribution in [2.75, 3.05) is 26.2 Å². The number of hydrogen-bond acceptors (Lipinski definition) is 3. The monoisotopic (exact) mass is 458 g/mol. The number of carbonyl (C=O) groups excluding carboxylic acids is 2. The van der Waals surface area contributed by atoms with E-state index < -0.39 is 0 Å². The highest BCUT2D eigenvalue weighted by atomic mass is 16.2. The van der Waals surface area contributed by atoms with Crippen LogP contribution in [0.1, 0.15) is 75.9 Å². The molecule has 34 heavy (non-hydrogen) atoms. The molecule has 4 heterocycles. The van der Waals surface area contributed by atoms with Gasteiger partial charge >= 0.3 is 0 Å². The number of rotatable bonds is 3. The number of benzene rings is 1. The average molecular weight is 459 g/mol. The van der Waals surface area contributed by atoms with Crippen molar-refractivity contribution in [3.8, 4) is 0 Å². The molecule has 5 rings (SSSR count). The van der Waals surface area contributed by atoms with Crippen LogP contribution in [0.15, 0.2) is 42.7 Å². The number of amides is 2. The standard InChI is InChI=1S/C28H34N4O2/c1-19-6-11-30(12-7-19)28(34)25-18-29-32-15-10-23(17-26(25)32)22-8-13-31(14-9-22)27(33)24-16-20(2)4-5-21(24)3/h4-5,10,15-19,22H,6-9,11-14H2,1-3H3. The van der Waals surface area contributed by atoms with Crippen LogP contribution in [0, 0.1) is 19.8 Å². The molecule has 0 atom stereocenters. The first-order valence-electron chi connectivity index (χ1n) is 12.5. The SMILES string of the molecule is Cc1ccc(C)c(C(=O)N2CCC(c3ccn4ncc(C(=O)N5CCC(C)CC5)c4c3)CC2)c1. The van der Waals surface area contributed by atoms with E-state index in [0.717, 1.165) is 74.1 Å². The molecule has 0 radical (unpaired) electrons. The molecule has 2 aliphatic heterocycles. The zero-order valence-corrected chi connectivity index (χ0v) is 20.5. The first-order valence-corrected chi connectivity index (χ1v) is 12.5. The molecule has 6 heteroatoms. The van der Waals surface area contributed by atoms with Crippen molar-refractivity contribution >= 4 is 17.3 Å². The van der Waals surface area contributed by atoms with Gasteiger partial charge in [0.05, 0.1) is 17.3 Å². The topological polar surface area (TPSA) is 57.9 Å². The van der Waals surface area contributed by atoms with Crippen LogP contribution in [0.4, 0.5) is 0 Å². The predicted octanol–water partition coefficient (Wildman–Crippen LogP) is 4.84. The summed E-state index contributed by atoms with van der Waals surface area (Å²) in [5.74, 6) is 1.29. The third-order valence-corrected chi connectivity index (χ3v) is 7.72. The summed E-state index contributed by atoms with van der Waals surface area (Å²) in [4.78, 5) is 30.3. The number of pyridine rings is 1. The van der Waals surface area contributed by atoms with Crippen molar-refractivity contribution in [2.45, 2.75) is 52.4 Å². The van der Waals surface area contributed by atoms with Gasteiger partial charge in [0.1, 0.15) is 0 Å². The number of piperidine rings is 2. The first-order chi connectivity index (χ1) is 16.4. The van der Waals surface area contributed by atoms with Crippen molar-refractivity contribution in [3.05, 3.63) is 70.5 Å². The number of fused-ring (bicyclic) bond motifs is 1. The summed E-state index contributed by atoms with van der Waals surface area (Å²) in [7, 11) is 0. The third-order valence-electron chi connectivity index (χ3n) is 7.72. The summed E-state index contributed by atoms with van der Waals surface area (Å²) in [5.41, 5.74) is 5.77. The second kappa shape index (κ2) is 9.24. The van der Waals surface area contributed by atoms with Crippen molar-refractivity contribution in [3.63, 3.8) is 0 Å². The number of likely N-dealkylation sites (tertiary alicyclic amines) is 2. The van der Waals surface area contributed by atoms with Crippen molar-refractivity contribution in [2.24, 2.45) is 5.92 Å². The fourth-order valence-electron chi connectivity index (χ4n) is 5.35. The fourth-order valence-corrected chi connectivity index (χ4v) is 5.35. The molecule has 0 unspecified atom stereocenters. The summed E-state index contributed by atoms with van der Waals surface area (Å²) >= 11 is 0. The van der Waals surface area contributed by atoms with Gasteiger partial charge in [0.2, 0.25) is 0 Å². The lowest BCUT2D eigenvalue weighted by Gasteiger charge is -2.33. The lowest BCUT2D eigenvalue weighted by Crippen LogP contribution is -2.38. The Balaban J connectivity index is 1.30. The molecule has 0 spiro atoms. The summed E-state index contributed by atoms with van der Waals surface area (Å²) in [5, 5.41) is 4.44. The highest BCUT2D eigenvalue weighted by molar-refractivity contribution is 6.00. The van der Waals surface area contributed by atoms with Gasteiger partial charge in [-0.2, -0.15) is 5.10 Å². The summed E-state index contributed by atoms with van der Waals surface area (Å²) in [6.07, 6.45) is 7.66. The molecular formula is C28H34N4O2. The lowest BCUT2D eigenvalue weighted by atomic mass is 9.89. The number of aromatic nitrogens is 2. The molecule has 3 aromatic rings. The maximum absolute atomic E-state index is 13.2. The van der Waals surface area contributed by atoms with Crippen molar-refractivity contribution < 1.29 is 9.59 Å². The largest absolute Gasteiger partial charge is 0.339 e. The van der Waals surface area contributed by atoms with E-state index in [9.17, 15) is 9.59 Å². The van der Waals surface area contributed by atoms with Crippen LogP contribution >= 0.6 is 0 Å². The smallest absolute Gasteiger partial charge is 0.257 e. The van der Waals surface area contributed by atoms with E-state index in [-0.39, 0.29) is 11.8 Å². The number of aryl methyl sites for hydroxylation is 2. The van der Waals surface area contributed by atoms with Crippen LogP contribution in [0.25, 0.3) is 5.52 Å². The molecule has 178 valence electrons. The molecule has 2 saturated heterocycles. The summed E-state index contributed by atoms with van der Waals surface area (Å²) in [6, 6.07) is 10.3. The first kappa shape index (κ1) is 22.6. The average Bonchev–Trinajstić information content (AvgIpc) is 3.28. The van der Waals surface area contributed by atoms with Crippen LogP contribution in [-0.2, 0) is 0 Å². The van der Waals surface area contributed by atoms with Crippen LogP contribution in [-0.4, -0.2) is 57.4 Å². The van der Waals surface area contributed by atoms with E-state index in [1.807, 2.05) is 46.5 Å². The molecule has 1 aromatic carbocycles. The van der Waals surface area contributed by atoms with E-state index in [1.165, 1.54) is 5.56 Å². The van der Waals surface area contributed by atoms with Gasteiger partial charge in [0.25, 0.3) is 11.8 Å². The minimum atomic E-state index is 0.0907. The Labute approximate surface area is 201 Å². The zero-order chi connectivity index (χ0) is 23.8. The molecule has 0 bridgehead atoms. The van der Waals surface area contributed by atoms with Crippen LogP contribution in [0.3, 0.4) is 0 Å². The van der Waals surface area contributed by atoms with Crippen molar-refractivity contribution in [1.82, 2.24) is 19.4 Å². The highest BCUT2D eigenvalue weighted by Gasteiger charge is 2.27. The molecule has 0 aliphatic carbocycles. The van der Waals surface area contributed by atoms with E-state index in [4.69, 9.17) is 0 Å². The predicted molar refractivity (Wildman–Crippen MR) is 133 cm³/mol. The maximum Gasteiger partial charge on any atom is 0.257 e. The second-order valence-electron chi connectivity index (χ2n) is 10.2. The van der Waals surface area contributed by atoms with Crippen molar-refractivity contribution in [1.29, 1.82) is 0 Å². The Morgan fingerprint density at radius 2 is 1.50 bits per heavy atom. The molecule has 2 aliphatic rings. The Morgan fingerprint density at radius 1 is 0.853 bits per heavy atom. The normalized spacial score (nSPS) is 18.0. The van der Waals surface area contributed by atoms with Gasteiger partial charge in [-0.1, -0.05) is 24.6 Å². The summed E-state index contributed by atoms with van der Waals surface area (Å²) < 4.78 is 1.81. The number of carbonyl (C=O) groups is 2. The second-order valence-corrected chi connectivity index (χ2v) is 10.2. The van der Waals surface area contributed by atoms with Gasteiger partial charge in [0, 0.05) is 37.9 Å². The maximum atomic E-state index is 13.2. The van der Waals surface area contributed by atoms with Crippen LogP contribution in [0.5, 0.6) is 0 Å². The molecule has 0 saturated carbocycles. The zero-order valence-electron chi connectivity index (χ0n) is 20.5. The molecule has 2 amide bonds. The van der Waals surface area contributed by atoms with E-state index >= 15 is 0 Å². The third kappa shape index (κ3) is 4.33. The lowest BCUT2D eigenvalue weighted by molar-refractivity contribution is 0.0695. The van der Waals surface area contributed by atoms with Gasteiger partial charge in [-0.25, -0.2) is 4.52 Å². The van der Waals surface area contributed by atoms with E-state index in [1.54, 1.807) is 6.20 Å². The Bertz CT molecular complexity index is 1210. The highest BCUT2D eigenvalue weighted by Crippen LogP contribution is 2.31. The molecule has 6 nitrogen and oxygen atoms in total.